The third-order valence-corrected chi connectivity index (χ3v) is 5.51. The smallest absolute Gasteiger partial charge is 0.191 e. The molecule has 1 aliphatic rings. The van der Waals surface area contributed by atoms with Crippen molar-refractivity contribution in [2.45, 2.75) is 12.5 Å². The van der Waals surface area contributed by atoms with Crippen molar-refractivity contribution in [2.75, 3.05) is 60.7 Å². The van der Waals surface area contributed by atoms with Crippen molar-refractivity contribution in [1.29, 1.82) is 0 Å². The average molecular weight is 427 g/mol. The molecule has 1 aliphatic heterocycles. The molecule has 0 radical (unpaired) electrons. The Kier molecular flexibility index (Phi) is 8.99. The van der Waals surface area contributed by atoms with Gasteiger partial charge in [0.05, 0.1) is 33.5 Å². The number of hydrogen-bond donors (Lipinski definition) is 2. The summed E-state index contributed by atoms with van der Waals surface area (Å²) in [6.07, 6.45) is 0.892. The Balaban J connectivity index is 1.57. The first kappa shape index (κ1) is 22.9. The topological polar surface area (TPSA) is 67.4 Å². The van der Waals surface area contributed by atoms with Gasteiger partial charge >= 0.3 is 0 Å². The molecule has 1 saturated heterocycles. The van der Waals surface area contributed by atoms with Crippen molar-refractivity contribution in [3.05, 3.63) is 59.7 Å². The number of hydrogen-bond acceptors (Lipinski definition) is 5. The van der Waals surface area contributed by atoms with Crippen LogP contribution in [0.4, 0.5) is 0 Å². The van der Waals surface area contributed by atoms with Gasteiger partial charge in [0.15, 0.2) is 5.96 Å². The second kappa shape index (κ2) is 12.2. The average Bonchev–Trinajstić information content (AvgIpc) is 2.84. The number of morpholine rings is 1. The lowest BCUT2D eigenvalue weighted by molar-refractivity contribution is 0.0170. The fourth-order valence-corrected chi connectivity index (χ4v) is 3.74. The second-order valence-electron chi connectivity index (χ2n) is 7.42. The summed E-state index contributed by atoms with van der Waals surface area (Å²) in [5, 5.41) is 6.92. The molecule has 7 heteroatoms. The number of benzene rings is 2. The lowest BCUT2D eigenvalue weighted by Gasteiger charge is -2.35. The molecule has 31 heavy (non-hydrogen) atoms. The van der Waals surface area contributed by atoms with Crippen LogP contribution in [0.2, 0.25) is 0 Å². The molecular weight excluding hydrogens is 392 g/mol. The van der Waals surface area contributed by atoms with E-state index in [0.717, 1.165) is 63.3 Å². The first-order chi connectivity index (χ1) is 15.2. The lowest BCUT2D eigenvalue weighted by atomic mass is 10.0. The highest BCUT2D eigenvalue weighted by atomic mass is 16.5. The third-order valence-electron chi connectivity index (χ3n) is 5.51. The van der Waals surface area contributed by atoms with Crippen molar-refractivity contribution >= 4 is 5.96 Å². The normalized spacial score (nSPS) is 15.9. The van der Waals surface area contributed by atoms with Crippen LogP contribution in [0, 0.1) is 0 Å². The second-order valence-corrected chi connectivity index (χ2v) is 7.42. The van der Waals surface area contributed by atoms with Crippen LogP contribution in [0.15, 0.2) is 53.5 Å². The minimum Gasteiger partial charge on any atom is -0.497 e. The summed E-state index contributed by atoms with van der Waals surface area (Å²) in [4.78, 5) is 6.86. The standard InChI is InChI=1S/C24H34N4O3/c1-25-24(26-12-11-19-5-4-6-22(17-19)30-3)27-18-23(28-13-15-31-16-14-28)20-7-9-21(29-2)10-8-20/h4-10,17,23H,11-16,18H2,1-3H3,(H2,25,26,27). The number of methoxy groups -OCH3 is 2. The summed E-state index contributed by atoms with van der Waals surface area (Å²) >= 11 is 0. The molecule has 2 N–H and O–H groups in total. The van der Waals surface area contributed by atoms with Crippen LogP contribution in [-0.4, -0.2) is 71.5 Å². The van der Waals surface area contributed by atoms with Crippen molar-refractivity contribution in [1.82, 2.24) is 15.5 Å². The SMILES string of the molecule is CN=C(NCCc1cccc(OC)c1)NCC(c1ccc(OC)cc1)N1CCOCC1. The minimum absolute atomic E-state index is 0.228. The Bertz CT molecular complexity index is 820. The molecule has 0 aromatic heterocycles. The van der Waals surface area contributed by atoms with Gasteiger partial charge in [0.1, 0.15) is 11.5 Å². The largest absolute Gasteiger partial charge is 0.497 e. The van der Waals surface area contributed by atoms with Crippen LogP contribution >= 0.6 is 0 Å². The number of rotatable bonds is 9. The summed E-state index contributed by atoms with van der Waals surface area (Å²) < 4.78 is 16.2. The van der Waals surface area contributed by atoms with E-state index < -0.39 is 0 Å². The Morgan fingerprint density at radius 2 is 1.77 bits per heavy atom. The number of guanidine groups is 1. The third kappa shape index (κ3) is 6.87. The van der Waals surface area contributed by atoms with Gasteiger partial charge in [0.25, 0.3) is 0 Å². The maximum Gasteiger partial charge on any atom is 0.191 e. The zero-order chi connectivity index (χ0) is 21.9. The minimum atomic E-state index is 0.228. The van der Waals surface area contributed by atoms with Crippen LogP contribution in [0.5, 0.6) is 11.5 Å². The molecule has 2 aromatic carbocycles. The summed E-state index contributed by atoms with van der Waals surface area (Å²) in [5.74, 6) is 2.55. The molecule has 2 aromatic rings. The summed E-state index contributed by atoms with van der Waals surface area (Å²) in [7, 11) is 5.19. The van der Waals surface area contributed by atoms with Crippen molar-refractivity contribution in [3.63, 3.8) is 0 Å². The maximum absolute atomic E-state index is 5.55. The van der Waals surface area contributed by atoms with Gasteiger partial charge in [-0.05, 0) is 41.8 Å². The number of nitrogens with zero attached hydrogens (tertiary/aromatic N) is 2. The van der Waals surface area contributed by atoms with Gasteiger partial charge in [-0.3, -0.25) is 9.89 Å². The van der Waals surface area contributed by atoms with Gasteiger partial charge in [-0.15, -0.1) is 0 Å². The van der Waals surface area contributed by atoms with E-state index in [1.54, 1.807) is 21.3 Å². The van der Waals surface area contributed by atoms with Crippen LogP contribution in [0.25, 0.3) is 0 Å². The molecule has 1 unspecified atom stereocenters. The highest BCUT2D eigenvalue weighted by Crippen LogP contribution is 2.23. The van der Waals surface area contributed by atoms with Crippen molar-refractivity contribution in [2.24, 2.45) is 4.99 Å². The van der Waals surface area contributed by atoms with Gasteiger partial charge in [-0.1, -0.05) is 24.3 Å². The molecule has 1 atom stereocenters. The fraction of sp³-hybridized carbons (Fsp3) is 0.458. The molecule has 0 spiro atoms. The predicted molar refractivity (Wildman–Crippen MR) is 124 cm³/mol. The van der Waals surface area contributed by atoms with Gasteiger partial charge in [0.2, 0.25) is 0 Å². The van der Waals surface area contributed by atoms with Gasteiger partial charge in [0, 0.05) is 33.2 Å². The maximum atomic E-state index is 5.55. The highest BCUT2D eigenvalue weighted by molar-refractivity contribution is 5.79. The highest BCUT2D eigenvalue weighted by Gasteiger charge is 2.23. The van der Waals surface area contributed by atoms with Gasteiger partial charge in [-0.2, -0.15) is 0 Å². The molecule has 3 rings (SSSR count). The Labute approximate surface area is 185 Å². The zero-order valence-electron chi connectivity index (χ0n) is 18.8. The number of nitrogens with one attached hydrogen (secondary N) is 2. The Morgan fingerprint density at radius 1 is 1.03 bits per heavy atom. The molecule has 168 valence electrons. The van der Waals surface area contributed by atoms with Gasteiger partial charge in [-0.25, -0.2) is 0 Å². The van der Waals surface area contributed by atoms with E-state index in [9.17, 15) is 0 Å². The first-order valence-electron chi connectivity index (χ1n) is 10.8. The predicted octanol–water partition coefficient (Wildman–Crippen LogP) is 2.48. The van der Waals surface area contributed by atoms with Crippen molar-refractivity contribution in [3.8, 4) is 11.5 Å². The summed E-state index contributed by atoms with van der Waals surface area (Å²) in [6.45, 7) is 4.91. The van der Waals surface area contributed by atoms with E-state index in [4.69, 9.17) is 14.2 Å². The number of ether oxygens (including phenoxy) is 3. The van der Waals surface area contributed by atoms with E-state index in [0.29, 0.717) is 0 Å². The van der Waals surface area contributed by atoms with Crippen LogP contribution in [0.1, 0.15) is 17.2 Å². The lowest BCUT2D eigenvalue weighted by Crippen LogP contribution is -2.46. The fourth-order valence-electron chi connectivity index (χ4n) is 3.74. The molecular formula is C24H34N4O3. The monoisotopic (exact) mass is 426 g/mol. The van der Waals surface area contributed by atoms with E-state index in [-0.39, 0.29) is 6.04 Å². The molecule has 0 aliphatic carbocycles. The van der Waals surface area contributed by atoms with E-state index in [1.807, 2.05) is 24.3 Å². The van der Waals surface area contributed by atoms with E-state index in [2.05, 4.69) is 44.8 Å². The number of aliphatic imine (C=N–C) groups is 1. The summed E-state index contributed by atoms with van der Waals surface area (Å²) in [5.41, 5.74) is 2.48. The first-order valence-corrected chi connectivity index (χ1v) is 10.8. The van der Waals surface area contributed by atoms with Gasteiger partial charge < -0.3 is 24.8 Å². The van der Waals surface area contributed by atoms with Crippen LogP contribution < -0.4 is 20.1 Å². The summed E-state index contributed by atoms with van der Waals surface area (Å²) in [6, 6.07) is 16.7. The molecule has 0 bridgehead atoms. The van der Waals surface area contributed by atoms with Crippen molar-refractivity contribution < 1.29 is 14.2 Å². The van der Waals surface area contributed by atoms with Crippen LogP contribution in [0.3, 0.4) is 0 Å². The molecule has 1 fully saturated rings. The van der Waals surface area contributed by atoms with E-state index >= 15 is 0 Å². The molecule has 0 saturated carbocycles. The van der Waals surface area contributed by atoms with Crippen LogP contribution in [-0.2, 0) is 11.2 Å². The molecule has 1 heterocycles. The molecule has 7 nitrogen and oxygen atoms in total. The van der Waals surface area contributed by atoms with E-state index in [1.165, 1.54) is 11.1 Å². The zero-order valence-corrected chi connectivity index (χ0v) is 18.8. The quantitative estimate of drug-likeness (QED) is 0.474. The Morgan fingerprint density at radius 3 is 2.45 bits per heavy atom. The molecule has 0 amide bonds. The Hall–Kier alpha value is -2.77.